The Balaban J connectivity index is 1.04. The van der Waals surface area contributed by atoms with E-state index >= 15 is 0 Å². The summed E-state index contributed by atoms with van der Waals surface area (Å²) in [5.74, 6) is 0. The highest BCUT2D eigenvalue weighted by molar-refractivity contribution is 7.02. The molecule has 0 aliphatic carbocycles. The third kappa shape index (κ3) is 5.12. The van der Waals surface area contributed by atoms with Crippen molar-refractivity contribution in [3.8, 4) is 0 Å². The molecule has 0 spiro atoms. The van der Waals surface area contributed by atoms with Crippen molar-refractivity contribution >= 4 is 153 Å². The Kier molecular flexibility index (Phi) is 7.84. The lowest BCUT2D eigenvalue weighted by Crippen LogP contribution is -2.61. The van der Waals surface area contributed by atoms with Gasteiger partial charge in [0.1, 0.15) is 0 Å². The minimum absolute atomic E-state index is 0.0187. The molecule has 7 heteroatoms. The zero-order chi connectivity index (χ0) is 47.5. The van der Waals surface area contributed by atoms with Crippen molar-refractivity contribution in [2.45, 2.75) is 0 Å². The Hall–Kier alpha value is -9.45. The highest BCUT2D eigenvalue weighted by Crippen LogP contribution is 2.51. The van der Waals surface area contributed by atoms with Crippen molar-refractivity contribution in [1.82, 2.24) is 4.40 Å². The van der Waals surface area contributed by atoms with E-state index in [9.17, 15) is 0 Å². The van der Waals surface area contributed by atoms with Gasteiger partial charge in [-0.1, -0.05) is 140 Å². The lowest BCUT2D eigenvalue weighted by atomic mass is 9.32. The van der Waals surface area contributed by atoms with Crippen molar-refractivity contribution in [2.24, 2.45) is 0 Å². The molecule has 0 saturated heterocycles. The van der Waals surface area contributed by atoms with E-state index in [0.29, 0.717) is 0 Å². The first-order chi connectivity index (χ1) is 36.3. The quantitative estimate of drug-likeness (QED) is 0.164. The van der Waals surface area contributed by atoms with E-state index < -0.39 is 0 Å². The van der Waals surface area contributed by atoms with Gasteiger partial charge in [-0.05, 0) is 142 Å². The molecule has 0 N–H and O–H groups in total. The number of hydrogen-bond donors (Lipinski definition) is 0. The van der Waals surface area contributed by atoms with Gasteiger partial charge < -0.3 is 24.0 Å². The van der Waals surface area contributed by atoms with Crippen LogP contribution in [0.15, 0.2) is 249 Å². The van der Waals surface area contributed by atoms with Crippen molar-refractivity contribution in [3.05, 3.63) is 249 Å². The average Bonchev–Trinajstić information content (AvgIpc) is 3.97. The van der Waals surface area contributed by atoms with Crippen molar-refractivity contribution in [2.75, 3.05) is 19.6 Å². The number of hydrogen-bond acceptors (Lipinski definition) is 4. The van der Waals surface area contributed by atoms with E-state index in [1.54, 1.807) is 0 Å². The summed E-state index contributed by atoms with van der Waals surface area (Å²) >= 11 is 0. The topological polar surface area (TPSA) is 17.4 Å². The van der Waals surface area contributed by atoms with Gasteiger partial charge in [0.2, 0.25) is 0 Å². The Morgan fingerprint density at radius 1 is 0.247 bits per heavy atom. The van der Waals surface area contributed by atoms with Crippen LogP contribution in [0.1, 0.15) is 0 Å². The van der Waals surface area contributed by atoms with Gasteiger partial charge >= 0.3 is 0 Å². The average molecular weight is 926 g/mol. The smallest absolute Gasteiger partial charge is 0.253 e. The molecule has 73 heavy (non-hydrogen) atoms. The number of aromatic nitrogens is 1. The predicted octanol–water partition coefficient (Wildman–Crippen LogP) is 13.0. The van der Waals surface area contributed by atoms with Crippen LogP contribution in [-0.2, 0) is 0 Å². The van der Waals surface area contributed by atoms with Crippen LogP contribution >= 0.6 is 0 Å². The number of fused-ring (bicyclic) bond motifs is 15. The molecule has 0 fully saturated rings. The van der Waals surface area contributed by atoms with E-state index in [-0.39, 0.29) is 13.4 Å². The van der Waals surface area contributed by atoms with E-state index in [1.165, 1.54) is 116 Å². The van der Waals surface area contributed by atoms with Crippen molar-refractivity contribution < 1.29 is 0 Å². The molecule has 4 aliphatic rings. The van der Waals surface area contributed by atoms with E-state index in [4.69, 9.17) is 0 Å². The number of benzene rings is 11. The molecule has 0 amide bonds. The zero-order valence-electron chi connectivity index (χ0n) is 39.6. The summed E-state index contributed by atoms with van der Waals surface area (Å²) in [7, 11) is 0. The molecule has 0 saturated carbocycles. The molecule has 13 aromatic rings. The highest BCUT2D eigenvalue weighted by Gasteiger charge is 2.47. The van der Waals surface area contributed by atoms with Crippen LogP contribution in [0, 0.1) is 0 Å². The normalized spacial score (nSPS) is 13.9. The Bertz CT molecular complexity index is 4430. The van der Waals surface area contributed by atoms with Gasteiger partial charge in [-0.25, -0.2) is 0 Å². The molecular formula is C66H41B2N5. The van der Waals surface area contributed by atoms with Crippen LogP contribution < -0.4 is 52.4 Å². The number of rotatable bonds is 4. The number of nitrogens with zero attached hydrogens (tertiary/aromatic N) is 5. The van der Waals surface area contributed by atoms with Crippen molar-refractivity contribution in [3.63, 3.8) is 0 Å². The summed E-state index contributed by atoms with van der Waals surface area (Å²) in [5.41, 5.74) is 25.9. The van der Waals surface area contributed by atoms with Gasteiger partial charge in [0, 0.05) is 89.8 Å². The maximum Gasteiger partial charge on any atom is 0.253 e. The van der Waals surface area contributed by atoms with Gasteiger partial charge in [0.15, 0.2) is 0 Å². The molecule has 336 valence electrons. The van der Waals surface area contributed by atoms with E-state index in [1.807, 2.05) is 0 Å². The molecule has 5 nitrogen and oxygen atoms in total. The van der Waals surface area contributed by atoms with Crippen LogP contribution in [0.2, 0.25) is 0 Å². The van der Waals surface area contributed by atoms with Gasteiger partial charge in [0.25, 0.3) is 13.4 Å². The summed E-state index contributed by atoms with van der Waals surface area (Å²) < 4.78 is 2.62. The zero-order valence-corrected chi connectivity index (χ0v) is 39.6. The van der Waals surface area contributed by atoms with Gasteiger partial charge in [-0.15, -0.1) is 0 Å². The first kappa shape index (κ1) is 39.3. The second kappa shape index (κ2) is 14.6. The maximum absolute atomic E-state index is 2.62. The molecule has 4 aliphatic heterocycles. The molecular weight excluding hydrogens is 884 g/mol. The summed E-state index contributed by atoms with van der Waals surface area (Å²) in [6, 6.07) is 92.7. The molecule has 0 radical (unpaired) electrons. The first-order valence-corrected chi connectivity index (χ1v) is 25.4. The lowest BCUT2D eigenvalue weighted by molar-refractivity contribution is 1.25. The third-order valence-electron chi connectivity index (χ3n) is 16.4. The molecule has 6 heterocycles. The predicted molar refractivity (Wildman–Crippen MR) is 309 cm³/mol. The molecule has 11 aromatic carbocycles. The van der Waals surface area contributed by atoms with Crippen LogP contribution in [0.25, 0.3) is 38.1 Å². The largest absolute Gasteiger partial charge is 0.311 e. The molecule has 2 aromatic heterocycles. The van der Waals surface area contributed by atoms with Crippen LogP contribution in [0.4, 0.5) is 68.2 Å². The van der Waals surface area contributed by atoms with Gasteiger partial charge in [-0.3, -0.25) is 0 Å². The minimum Gasteiger partial charge on any atom is -0.311 e. The Labute approximate surface area is 423 Å². The van der Waals surface area contributed by atoms with E-state index in [2.05, 4.69) is 273 Å². The SMILES string of the molecule is c1ccc(N2c3ccccc3B3c4cc5c(cc4N(c4ccccc4)c4cccc2c43)c2c3c(cc4c6ccccc6n5c42)N(c2ccccc2)c2cccc4c2B3c2ccccc2N4c2ccccc2)cc1. The minimum atomic E-state index is -0.0622. The monoisotopic (exact) mass is 925 g/mol. The summed E-state index contributed by atoms with van der Waals surface area (Å²) in [4.78, 5) is 10.1. The highest BCUT2D eigenvalue weighted by atomic mass is 15.2. The van der Waals surface area contributed by atoms with Crippen molar-refractivity contribution in [1.29, 1.82) is 0 Å². The summed E-state index contributed by atoms with van der Waals surface area (Å²) in [5, 5.41) is 5.09. The number of para-hydroxylation sites is 7. The van der Waals surface area contributed by atoms with Gasteiger partial charge in [0.05, 0.1) is 16.6 Å². The summed E-state index contributed by atoms with van der Waals surface area (Å²) in [6.45, 7) is -0.0809. The fraction of sp³-hybridized carbons (Fsp3) is 0. The second-order valence-electron chi connectivity index (χ2n) is 19.9. The Morgan fingerprint density at radius 2 is 0.658 bits per heavy atom. The summed E-state index contributed by atoms with van der Waals surface area (Å²) in [6.07, 6.45) is 0. The van der Waals surface area contributed by atoms with Crippen LogP contribution in [0.3, 0.4) is 0 Å². The molecule has 0 atom stereocenters. The molecule has 17 rings (SSSR count). The fourth-order valence-corrected chi connectivity index (χ4v) is 13.7. The molecule has 0 unspecified atom stereocenters. The number of anilines is 12. The van der Waals surface area contributed by atoms with Gasteiger partial charge in [-0.2, -0.15) is 0 Å². The standard InChI is InChI=1S/C66H41B2N5/c1-5-21-42(22-6-1)69-53-33-17-14-30-49(53)67-51-41-59-48(40-60(51)71(44-25-9-3-10-26-44)56-36-19-35-55(69)63(56)67)62-65-61(39-47-46-29-13-16-32-52(46)73(59)66(47)62)72(45-27-11-4-12-28-45)58-38-20-37-57-64(58)68(65)50-31-15-18-34-54(50)70(57)43-23-7-2-8-24-43/h1-41H. The lowest BCUT2D eigenvalue weighted by Gasteiger charge is -2.44. The molecule has 0 bridgehead atoms. The van der Waals surface area contributed by atoms with E-state index in [0.717, 1.165) is 22.7 Å². The maximum atomic E-state index is 2.62. The van der Waals surface area contributed by atoms with Crippen LogP contribution in [-0.4, -0.2) is 17.8 Å². The first-order valence-electron chi connectivity index (χ1n) is 25.4. The fourth-order valence-electron chi connectivity index (χ4n) is 13.7. The Morgan fingerprint density at radius 3 is 1.21 bits per heavy atom. The second-order valence-corrected chi connectivity index (χ2v) is 19.9. The third-order valence-corrected chi connectivity index (χ3v) is 16.4. The van der Waals surface area contributed by atoms with Crippen LogP contribution in [0.5, 0.6) is 0 Å².